The van der Waals surface area contributed by atoms with Crippen LogP contribution < -0.4 is 15.0 Å². The molecule has 1 aliphatic carbocycles. The zero-order chi connectivity index (χ0) is 25.5. The summed E-state index contributed by atoms with van der Waals surface area (Å²) in [7, 11) is 1.64. The van der Waals surface area contributed by atoms with Crippen LogP contribution in [-0.4, -0.2) is 49.9 Å². The number of nitrogens with zero attached hydrogens (tertiary/aromatic N) is 2. The lowest BCUT2D eigenvalue weighted by Crippen LogP contribution is -2.49. The Morgan fingerprint density at radius 1 is 1.14 bits per heavy atom. The third-order valence-corrected chi connectivity index (χ3v) is 6.54. The maximum absolute atomic E-state index is 13.5. The van der Waals surface area contributed by atoms with Crippen molar-refractivity contribution < 1.29 is 19.1 Å². The molecule has 1 unspecified atom stereocenters. The molecular formula is C28H39N3O4. The van der Waals surface area contributed by atoms with E-state index in [-0.39, 0.29) is 18.6 Å². The molecule has 7 nitrogen and oxygen atoms in total. The summed E-state index contributed by atoms with van der Waals surface area (Å²) < 4.78 is 11.1. The molecule has 0 spiro atoms. The highest BCUT2D eigenvalue weighted by molar-refractivity contribution is 6.00. The second kappa shape index (κ2) is 12.0. The lowest BCUT2D eigenvalue weighted by atomic mass is 9.87. The van der Waals surface area contributed by atoms with E-state index in [1.165, 1.54) is 10.5 Å². The highest BCUT2D eigenvalue weighted by atomic mass is 16.6. The van der Waals surface area contributed by atoms with Crippen LogP contribution in [0.25, 0.3) is 0 Å². The van der Waals surface area contributed by atoms with E-state index in [0.717, 1.165) is 42.1 Å². The molecule has 1 aliphatic rings. The maximum Gasteiger partial charge on any atom is 0.418 e. The number of methoxy groups -OCH3 is 1. The second-order valence-electron chi connectivity index (χ2n) is 9.44. The van der Waals surface area contributed by atoms with Crippen molar-refractivity contribution in [2.45, 2.75) is 59.9 Å². The van der Waals surface area contributed by atoms with E-state index in [1.807, 2.05) is 45.0 Å². The molecule has 0 radical (unpaired) electrons. The number of carbonyl (C=O) groups excluding carboxylic acids is 2. The molecule has 0 fully saturated rings. The molecule has 35 heavy (non-hydrogen) atoms. The van der Waals surface area contributed by atoms with Gasteiger partial charge < -0.3 is 19.7 Å². The van der Waals surface area contributed by atoms with E-state index in [1.54, 1.807) is 7.11 Å². The van der Waals surface area contributed by atoms with Gasteiger partial charge in [0.15, 0.2) is 0 Å². The van der Waals surface area contributed by atoms with Crippen molar-refractivity contribution in [1.82, 2.24) is 4.90 Å². The first kappa shape index (κ1) is 26.4. The van der Waals surface area contributed by atoms with E-state index in [9.17, 15) is 9.59 Å². The Labute approximate surface area is 209 Å². The molecule has 2 aromatic carbocycles. The number of anilines is 2. The maximum atomic E-state index is 13.5. The predicted molar refractivity (Wildman–Crippen MR) is 141 cm³/mol. The molecule has 0 aromatic heterocycles. The summed E-state index contributed by atoms with van der Waals surface area (Å²) in [5, 5.41) is 2.97. The number of ether oxygens (including phenoxy) is 2. The molecule has 7 heteroatoms. The summed E-state index contributed by atoms with van der Waals surface area (Å²) >= 11 is 0. The van der Waals surface area contributed by atoms with Gasteiger partial charge in [0.25, 0.3) is 0 Å². The fourth-order valence-electron chi connectivity index (χ4n) is 4.60. The summed E-state index contributed by atoms with van der Waals surface area (Å²) in [6.07, 6.45) is 1.35. The smallest absolute Gasteiger partial charge is 0.418 e. The average molecular weight is 482 g/mol. The van der Waals surface area contributed by atoms with Crippen molar-refractivity contribution in [3.8, 4) is 5.75 Å². The molecule has 1 atom stereocenters. The van der Waals surface area contributed by atoms with Crippen LogP contribution in [0.5, 0.6) is 5.75 Å². The molecule has 0 bridgehead atoms. The number of hydrogen-bond acceptors (Lipinski definition) is 5. The minimum atomic E-state index is -0.614. The first-order chi connectivity index (χ1) is 16.8. The number of urea groups is 1. The van der Waals surface area contributed by atoms with Gasteiger partial charge in [0.1, 0.15) is 5.75 Å². The highest BCUT2D eigenvalue weighted by Gasteiger charge is 2.35. The van der Waals surface area contributed by atoms with Gasteiger partial charge in [-0.05, 0) is 86.9 Å². The highest BCUT2D eigenvalue weighted by Crippen LogP contribution is 2.32. The monoisotopic (exact) mass is 481 g/mol. The average Bonchev–Trinajstić information content (AvgIpc) is 2.84. The van der Waals surface area contributed by atoms with Crippen LogP contribution in [0.1, 0.15) is 50.8 Å². The van der Waals surface area contributed by atoms with Crippen LogP contribution in [0.3, 0.4) is 0 Å². The van der Waals surface area contributed by atoms with E-state index >= 15 is 0 Å². The molecule has 0 saturated carbocycles. The van der Waals surface area contributed by atoms with Gasteiger partial charge in [-0.15, -0.1) is 0 Å². The van der Waals surface area contributed by atoms with Crippen LogP contribution in [0, 0.1) is 12.8 Å². The van der Waals surface area contributed by atoms with Gasteiger partial charge >= 0.3 is 12.1 Å². The Morgan fingerprint density at radius 3 is 2.51 bits per heavy atom. The van der Waals surface area contributed by atoms with Crippen molar-refractivity contribution >= 4 is 23.5 Å². The van der Waals surface area contributed by atoms with Crippen LogP contribution in [0.15, 0.2) is 36.4 Å². The van der Waals surface area contributed by atoms with Gasteiger partial charge in [0.05, 0.1) is 13.7 Å². The second-order valence-corrected chi connectivity index (χ2v) is 9.44. The number of hydrogen-bond donors (Lipinski definition) is 1. The SMILES string of the molecule is CCN(CC)c1ccc(NC(=O)N(C(=O)OCC(C)C)C2CCc3cccc(OC)c3C2)c(C)c1. The van der Waals surface area contributed by atoms with Gasteiger partial charge in [-0.25, -0.2) is 14.5 Å². The molecule has 3 rings (SSSR count). The summed E-state index contributed by atoms with van der Waals surface area (Å²) in [5.74, 6) is 0.955. The minimum absolute atomic E-state index is 0.172. The van der Waals surface area contributed by atoms with Gasteiger partial charge in [-0.1, -0.05) is 26.0 Å². The normalized spacial score (nSPS) is 14.8. The molecule has 0 saturated heterocycles. The van der Waals surface area contributed by atoms with Crippen molar-refractivity contribution in [3.05, 3.63) is 53.1 Å². The predicted octanol–water partition coefficient (Wildman–Crippen LogP) is 6.03. The summed E-state index contributed by atoms with van der Waals surface area (Å²) in [4.78, 5) is 30.2. The number of benzene rings is 2. The Bertz CT molecular complexity index is 1020. The third kappa shape index (κ3) is 6.27. The molecule has 0 aliphatic heterocycles. The van der Waals surface area contributed by atoms with Gasteiger partial charge in [0, 0.05) is 30.5 Å². The standard InChI is InChI=1S/C28H39N3O4/c1-7-30(8-2)22-14-15-25(20(5)16-22)29-27(32)31(28(33)35-18-19(3)4)23-13-12-21-10-9-11-26(34-6)24(21)17-23/h9-11,14-16,19,23H,7-8,12-13,17-18H2,1-6H3,(H,29,32). The number of imide groups is 1. The Morgan fingerprint density at radius 2 is 1.89 bits per heavy atom. The molecule has 0 heterocycles. The Kier molecular flexibility index (Phi) is 9.01. The zero-order valence-electron chi connectivity index (χ0n) is 21.9. The number of amides is 3. The molecule has 2 aromatic rings. The first-order valence-corrected chi connectivity index (χ1v) is 12.6. The van der Waals surface area contributed by atoms with E-state index in [4.69, 9.17) is 9.47 Å². The Hall–Kier alpha value is -3.22. The first-order valence-electron chi connectivity index (χ1n) is 12.6. The van der Waals surface area contributed by atoms with Crippen molar-refractivity contribution in [3.63, 3.8) is 0 Å². The van der Waals surface area contributed by atoms with Crippen molar-refractivity contribution in [2.24, 2.45) is 5.92 Å². The number of nitrogens with one attached hydrogen (secondary N) is 1. The number of rotatable bonds is 8. The summed E-state index contributed by atoms with van der Waals surface area (Å²) in [6, 6.07) is 11.1. The van der Waals surface area contributed by atoms with E-state index < -0.39 is 12.1 Å². The minimum Gasteiger partial charge on any atom is -0.496 e. The summed E-state index contributed by atoms with van der Waals surface area (Å²) in [5.41, 5.74) is 4.96. The zero-order valence-corrected chi connectivity index (χ0v) is 21.9. The van der Waals surface area contributed by atoms with Crippen LogP contribution >= 0.6 is 0 Å². The fourth-order valence-corrected chi connectivity index (χ4v) is 4.60. The van der Waals surface area contributed by atoms with E-state index in [2.05, 4.69) is 36.2 Å². The quantitative estimate of drug-likeness (QED) is 0.498. The third-order valence-electron chi connectivity index (χ3n) is 6.54. The fraction of sp³-hybridized carbons (Fsp3) is 0.500. The van der Waals surface area contributed by atoms with Gasteiger partial charge in [-0.2, -0.15) is 0 Å². The molecule has 1 N–H and O–H groups in total. The van der Waals surface area contributed by atoms with Gasteiger partial charge in [0.2, 0.25) is 0 Å². The van der Waals surface area contributed by atoms with Gasteiger partial charge in [-0.3, -0.25) is 0 Å². The largest absolute Gasteiger partial charge is 0.496 e. The Balaban J connectivity index is 1.86. The van der Waals surface area contributed by atoms with Crippen LogP contribution in [0.2, 0.25) is 0 Å². The molecule has 3 amide bonds. The number of aryl methyl sites for hydroxylation is 2. The van der Waals surface area contributed by atoms with Crippen molar-refractivity contribution in [2.75, 3.05) is 37.0 Å². The van der Waals surface area contributed by atoms with Crippen LogP contribution in [0.4, 0.5) is 21.0 Å². The molecule has 190 valence electrons. The van der Waals surface area contributed by atoms with Crippen LogP contribution in [-0.2, 0) is 17.6 Å². The van der Waals surface area contributed by atoms with Crippen molar-refractivity contribution in [1.29, 1.82) is 0 Å². The molecular weight excluding hydrogens is 442 g/mol. The topological polar surface area (TPSA) is 71.1 Å². The summed E-state index contributed by atoms with van der Waals surface area (Å²) in [6.45, 7) is 12.2. The lowest BCUT2D eigenvalue weighted by molar-refractivity contribution is 0.0881. The number of fused-ring (bicyclic) bond motifs is 1. The number of carbonyl (C=O) groups is 2. The lowest BCUT2D eigenvalue weighted by Gasteiger charge is -2.34. The van der Waals surface area contributed by atoms with E-state index in [0.29, 0.717) is 18.5 Å².